The number of likely N-dealkylation sites (tertiary alicyclic amines) is 1. The largest absolute Gasteiger partial charge is 0.393 e. The molecule has 19 heavy (non-hydrogen) atoms. The first-order chi connectivity index (χ1) is 8.97. The maximum Gasteiger partial charge on any atom is 0.0585 e. The van der Waals surface area contributed by atoms with Crippen LogP contribution >= 0.6 is 0 Å². The lowest BCUT2D eigenvalue weighted by Gasteiger charge is -2.42. The van der Waals surface area contributed by atoms with E-state index in [2.05, 4.69) is 37.7 Å². The highest BCUT2D eigenvalue weighted by Crippen LogP contribution is 2.34. The highest BCUT2D eigenvalue weighted by Gasteiger charge is 2.34. The number of rotatable bonds is 3. The van der Waals surface area contributed by atoms with Crippen LogP contribution in [0.2, 0.25) is 0 Å². The van der Waals surface area contributed by atoms with Gasteiger partial charge in [-0.2, -0.15) is 0 Å². The number of hydrogen-bond donors (Lipinski definition) is 1. The Kier molecular flexibility index (Phi) is 5.27. The summed E-state index contributed by atoms with van der Waals surface area (Å²) in [4.78, 5) is 4.94. The molecule has 1 aliphatic carbocycles. The molecule has 112 valence electrons. The molecule has 1 N–H and O–H groups in total. The first-order valence-electron chi connectivity index (χ1n) is 8.04. The number of piperidine rings is 1. The summed E-state index contributed by atoms with van der Waals surface area (Å²) in [5.74, 6) is 1.82. The second-order valence-corrected chi connectivity index (χ2v) is 7.26. The lowest BCUT2D eigenvalue weighted by Crippen LogP contribution is -2.47. The van der Waals surface area contributed by atoms with E-state index in [0.29, 0.717) is 17.8 Å². The molecule has 3 heteroatoms. The van der Waals surface area contributed by atoms with Crippen molar-refractivity contribution in [3.05, 3.63) is 0 Å². The van der Waals surface area contributed by atoms with Crippen LogP contribution in [0.1, 0.15) is 39.5 Å². The van der Waals surface area contributed by atoms with E-state index in [1.54, 1.807) is 0 Å². The van der Waals surface area contributed by atoms with Gasteiger partial charge in [0.25, 0.3) is 0 Å². The summed E-state index contributed by atoms with van der Waals surface area (Å²) in [6.45, 7) is 8.11. The quantitative estimate of drug-likeness (QED) is 0.849. The van der Waals surface area contributed by atoms with Gasteiger partial charge in [0.15, 0.2) is 0 Å². The first kappa shape index (κ1) is 15.3. The van der Waals surface area contributed by atoms with Crippen molar-refractivity contribution in [2.75, 3.05) is 33.7 Å². The molecule has 0 radical (unpaired) electrons. The normalized spacial score (nSPS) is 38.8. The molecular weight excluding hydrogens is 236 g/mol. The molecule has 4 atom stereocenters. The Morgan fingerprint density at radius 1 is 1.16 bits per heavy atom. The predicted octanol–water partition coefficient (Wildman–Crippen LogP) is 2.06. The Bertz CT molecular complexity index is 264. The number of nitrogens with zero attached hydrogens (tertiary/aromatic N) is 2. The van der Waals surface area contributed by atoms with Crippen molar-refractivity contribution in [1.82, 2.24) is 9.80 Å². The molecule has 1 saturated carbocycles. The van der Waals surface area contributed by atoms with Gasteiger partial charge in [-0.15, -0.1) is 0 Å². The second-order valence-electron chi connectivity index (χ2n) is 7.26. The van der Waals surface area contributed by atoms with Crippen molar-refractivity contribution in [3.8, 4) is 0 Å². The van der Waals surface area contributed by atoms with E-state index < -0.39 is 0 Å². The average Bonchev–Trinajstić information content (AvgIpc) is 2.34. The van der Waals surface area contributed by atoms with Crippen molar-refractivity contribution in [3.63, 3.8) is 0 Å². The van der Waals surface area contributed by atoms with E-state index in [0.717, 1.165) is 19.0 Å². The molecule has 1 aliphatic heterocycles. The zero-order valence-electron chi connectivity index (χ0n) is 13.2. The van der Waals surface area contributed by atoms with Gasteiger partial charge in [0, 0.05) is 18.5 Å². The van der Waals surface area contributed by atoms with E-state index in [9.17, 15) is 5.11 Å². The summed E-state index contributed by atoms with van der Waals surface area (Å²) < 4.78 is 0. The van der Waals surface area contributed by atoms with Crippen LogP contribution in [0.3, 0.4) is 0 Å². The smallest absolute Gasteiger partial charge is 0.0585 e. The third-order valence-corrected chi connectivity index (χ3v) is 5.45. The van der Waals surface area contributed by atoms with E-state index in [1.165, 1.54) is 32.4 Å². The highest BCUT2D eigenvalue weighted by molar-refractivity contribution is 4.86. The van der Waals surface area contributed by atoms with Gasteiger partial charge in [0.2, 0.25) is 0 Å². The van der Waals surface area contributed by atoms with E-state index in [4.69, 9.17) is 0 Å². The molecule has 0 spiro atoms. The van der Waals surface area contributed by atoms with Crippen LogP contribution < -0.4 is 0 Å². The maximum atomic E-state index is 10.4. The van der Waals surface area contributed by atoms with Crippen LogP contribution in [-0.4, -0.2) is 60.8 Å². The minimum Gasteiger partial charge on any atom is -0.393 e. The van der Waals surface area contributed by atoms with Gasteiger partial charge in [-0.25, -0.2) is 0 Å². The topological polar surface area (TPSA) is 26.7 Å². The molecule has 4 unspecified atom stereocenters. The molecule has 0 bridgehead atoms. The molecule has 2 aliphatic rings. The summed E-state index contributed by atoms with van der Waals surface area (Å²) in [5, 5.41) is 10.4. The molecule has 0 amide bonds. The molecule has 2 rings (SSSR count). The van der Waals surface area contributed by atoms with Gasteiger partial charge >= 0.3 is 0 Å². The van der Waals surface area contributed by atoms with Gasteiger partial charge in [0.1, 0.15) is 0 Å². The molecule has 1 saturated heterocycles. The fraction of sp³-hybridized carbons (Fsp3) is 1.00. The molecule has 3 nitrogen and oxygen atoms in total. The van der Waals surface area contributed by atoms with Crippen LogP contribution in [0.5, 0.6) is 0 Å². The maximum absolute atomic E-state index is 10.4. The fourth-order valence-corrected chi connectivity index (χ4v) is 4.09. The Morgan fingerprint density at radius 2 is 1.79 bits per heavy atom. The number of aliphatic hydroxyl groups excluding tert-OH is 1. The first-order valence-corrected chi connectivity index (χ1v) is 8.04. The minimum absolute atomic E-state index is 0.0903. The van der Waals surface area contributed by atoms with Gasteiger partial charge in [-0.3, -0.25) is 0 Å². The van der Waals surface area contributed by atoms with Crippen molar-refractivity contribution >= 4 is 0 Å². The standard InChI is InChI=1S/C16H32N2O/c1-12-9-13(2)15(16(19)10-12)11-18(4)14-5-7-17(3)8-6-14/h12-16,19H,5-11H2,1-4H3. The van der Waals surface area contributed by atoms with E-state index >= 15 is 0 Å². The van der Waals surface area contributed by atoms with Crippen molar-refractivity contribution in [2.45, 2.75) is 51.7 Å². The van der Waals surface area contributed by atoms with Gasteiger partial charge < -0.3 is 14.9 Å². The Labute approximate surface area is 119 Å². The van der Waals surface area contributed by atoms with E-state index in [-0.39, 0.29) is 6.10 Å². The highest BCUT2D eigenvalue weighted by atomic mass is 16.3. The molecule has 0 aromatic carbocycles. The minimum atomic E-state index is -0.0903. The molecular formula is C16H32N2O. The van der Waals surface area contributed by atoms with E-state index in [1.807, 2.05) is 0 Å². The second kappa shape index (κ2) is 6.55. The molecule has 0 aromatic heterocycles. The Morgan fingerprint density at radius 3 is 2.37 bits per heavy atom. The third-order valence-electron chi connectivity index (χ3n) is 5.45. The van der Waals surface area contributed by atoms with Crippen LogP contribution in [0, 0.1) is 17.8 Å². The molecule has 2 fully saturated rings. The molecule has 1 heterocycles. The number of hydrogen-bond acceptors (Lipinski definition) is 3. The van der Waals surface area contributed by atoms with Gasteiger partial charge in [-0.05, 0) is 64.7 Å². The third kappa shape index (κ3) is 3.93. The summed E-state index contributed by atoms with van der Waals surface area (Å²) in [7, 11) is 4.47. The average molecular weight is 268 g/mol. The molecule has 0 aromatic rings. The summed E-state index contributed by atoms with van der Waals surface area (Å²) in [6, 6.07) is 0.718. The lowest BCUT2D eigenvalue weighted by molar-refractivity contribution is -0.00837. The van der Waals surface area contributed by atoms with Crippen LogP contribution in [0.25, 0.3) is 0 Å². The van der Waals surface area contributed by atoms with Gasteiger partial charge in [-0.1, -0.05) is 13.8 Å². The van der Waals surface area contributed by atoms with Gasteiger partial charge in [0.05, 0.1) is 6.10 Å². The SMILES string of the molecule is CC1CC(C)C(CN(C)C2CCN(C)CC2)C(O)C1. The zero-order valence-corrected chi connectivity index (χ0v) is 13.2. The van der Waals surface area contributed by atoms with Crippen molar-refractivity contribution in [2.24, 2.45) is 17.8 Å². The van der Waals surface area contributed by atoms with Crippen LogP contribution in [0.15, 0.2) is 0 Å². The van der Waals surface area contributed by atoms with Crippen LogP contribution in [-0.2, 0) is 0 Å². The zero-order chi connectivity index (χ0) is 14.0. The summed E-state index contributed by atoms with van der Waals surface area (Å²) >= 11 is 0. The van der Waals surface area contributed by atoms with Crippen LogP contribution in [0.4, 0.5) is 0 Å². The lowest BCUT2D eigenvalue weighted by atomic mass is 9.73. The summed E-state index contributed by atoms with van der Waals surface area (Å²) in [5.41, 5.74) is 0. The Hall–Kier alpha value is -0.120. The monoisotopic (exact) mass is 268 g/mol. The fourth-order valence-electron chi connectivity index (χ4n) is 4.09. The van der Waals surface area contributed by atoms with Crippen molar-refractivity contribution < 1.29 is 5.11 Å². The predicted molar refractivity (Wildman–Crippen MR) is 80.2 cm³/mol. The Balaban J connectivity index is 1.85. The number of aliphatic hydroxyl groups is 1. The van der Waals surface area contributed by atoms with Crippen molar-refractivity contribution in [1.29, 1.82) is 0 Å². The summed E-state index contributed by atoms with van der Waals surface area (Å²) in [6.07, 6.45) is 4.74.